The van der Waals surface area contributed by atoms with Crippen LogP contribution in [-0.4, -0.2) is 20.9 Å². The van der Waals surface area contributed by atoms with Crippen molar-refractivity contribution in [1.82, 2.24) is 0 Å². The maximum absolute atomic E-state index is 11.0. The summed E-state index contributed by atoms with van der Waals surface area (Å²) < 4.78 is 4.50. The van der Waals surface area contributed by atoms with E-state index in [1.165, 1.54) is 7.11 Å². The monoisotopic (exact) mass is 194 g/mol. The van der Waals surface area contributed by atoms with Crippen LogP contribution in [-0.2, 0) is 9.53 Å². The van der Waals surface area contributed by atoms with Gasteiger partial charge in [-0.3, -0.25) is 4.79 Å². The zero-order valence-electron chi connectivity index (χ0n) is 7.16. The van der Waals surface area contributed by atoms with Gasteiger partial charge >= 0.3 is 5.97 Å². The number of hydrogen-bond acceptors (Lipinski definition) is 2. The summed E-state index contributed by atoms with van der Waals surface area (Å²) in [7, 11) is 6.88. The molecule has 0 amide bonds. The van der Waals surface area contributed by atoms with Crippen molar-refractivity contribution in [3.63, 3.8) is 0 Å². The van der Waals surface area contributed by atoms with Crippen LogP contribution in [0.1, 0.15) is 11.4 Å². The van der Waals surface area contributed by atoms with Crippen molar-refractivity contribution in [2.45, 2.75) is 5.82 Å². The van der Waals surface area contributed by atoms with Crippen LogP contribution in [0.2, 0.25) is 5.02 Å². The standard InChI is InChI=1S/C9H8BClO2/c1-13-9(12)8(10)6-3-2-4-7(11)5-6/h2-5,8H,1H3. The highest BCUT2D eigenvalue weighted by atomic mass is 35.5. The van der Waals surface area contributed by atoms with E-state index in [1.54, 1.807) is 24.3 Å². The SMILES string of the molecule is [B]C(C(=O)OC)c1cccc(Cl)c1. The predicted octanol–water partition coefficient (Wildman–Crippen LogP) is 1.72. The second-order valence-corrected chi connectivity index (χ2v) is 2.99. The molecule has 0 aliphatic carbocycles. The Morgan fingerprint density at radius 1 is 1.62 bits per heavy atom. The molecule has 0 bridgehead atoms. The minimum absolute atomic E-state index is 0.470. The molecular weight excluding hydrogens is 186 g/mol. The molecule has 0 N–H and O–H groups in total. The molecule has 2 radical (unpaired) electrons. The van der Waals surface area contributed by atoms with Gasteiger partial charge in [0.2, 0.25) is 0 Å². The molecule has 0 saturated heterocycles. The lowest BCUT2D eigenvalue weighted by atomic mass is 9.81. The van der Waals surface area contributed by atoms with Crippen molar-refractivity contribution in [2.75, 3.05) is 7.11 Å². The topological polar surface area (TPSA) is 26.3 Å². The number of esters is 1. The van der Waals surface area contributed by atoms with Crippen LogP contribution < -0.4 is 0 Å². The second-order valence-electron chi connectivity index (χ2n) is 2.56. The number of carbonyl (C=O) groups is 1. The molecule has 0 aromatic heterocycles. The van der Waals surface area contributed by atoms with E-state index in [9.17, 15) is 4.79 Å². The van der Waals surface area contributed by atoms with Gasteiger partial charge in [0.25, 0.3) is 0 Å². The Bertz CT molecular complexity index is 314. The highest BCUT2D eigenvalue weighted by molar-refractivity contribution is 6.31. The smallest absolute Gasteiger partial charge is 0.304 e. The number of halogens is 1. The van der Waals surface area contributed by atoms with Crippen LogP contribution in [0.15, 0.2) is 24.3 Å². The van der Waals surface area contributed by atoms with Gasteiger partial charge in [0, 0.05) is 10.8 Å². The van der Waals surface area contributed by atoms with Gasteiger partial charge in [0.05, 0.1) is 15.0 Å². The lowest BCUT2D eigenvalue weighted by Crippen LogP contribution is -2.13. The van der Waals surface area contributed by atoms with Crippen molar-refractivity contribution in [3.8, 4) is 0 Å². The summed E-state index contributed by atoms with van der Waals surface area (Å²) in [5.74, 6) is -1.23. The average Bonchev–Trinajstić information content (AvgIpc) is 2.15. The Hall–Kier alpha value is -0.955. The van der Waals surface area contributed by atoms with E-state index in [2.05, 4.69) is 4.74 Å². The van der Waals surface area contributed by atoms with Gasteiger partial charge in [-0.25, -0.2) is 0 Å². The van der Waals surface area contributed by atoms with Crippen LogP contribution in [0, 0.1) is 0 Å². The van der Waals surface area contributed by atoms with E-state index in [-0.39, 0.29) is 0 Å². The van der Waals surface area contributed by atoms with Crippen LogP contribution >= 0.6 is 11.6 Å². The Morgan fingerprint density at radius 2 is 2.31 bits per heavy atom. The van der Waals surface area contributed by atoms with E-state index in [0.29, 0.717) is 10.6 Å². The Kier molecular flexibility index (Phi) is 3.37. The third kappa shape index (κ3) is 2.49. The number of benzene rings is 1. The summed E-state index contributed by atoms with van der Waals surface area (Å²) in [6.45, 7) is 0. The molecule has 1 atom stereocenters. The molecule has 1 unspecified atom stereocenters. The minimum atomic E-state index is -0.760. The van der Waals surface area contributed by atoms with Gasteiger partial charge in [0.1, 0.15) is 0 Å². The second kappa shape index (κ2) is 4.33. The first-order chi connectivity index (χ1) is 6.15. The van der Waals surface area contributed by atoms with E-state index in [4.69, 9.17) is 19.4 Å². The van der Waals surface area contributed by atoms with E-state index in [0.717, 1.165) is 0 Å². The summed E-state index contributed by atoms with van der Waals surface area (Å²) in [6, 6.07) is 6.83. The molecule has 2 nitrogen and oxygen atoms in total. The largest absolute Gasteiger partial charge is 0.469 e. The zero-order valence-corrected chi connectivity index (χ0v) is 7.91. The molecule has 1 aromatic rings. The van der Waals surface area contributed by atoms with Crippen LogP contribution in [0.3, 0.4) is 0 Å². The predicted molar refractivity (Wildman–Crippen MR) is 52.0 cm³/mol. The Labute approximate surface area is 83.3 Å². The average molecular weight is 194 g/mol. The fraction of sp³-hybridized carbons (Fsp3) is 0.222. The molecule has 1 rings (SSSR count). The van der Waals surface area contributed by atoms with E-state index in [1.807, 2.05) is 0 Å². The van der Waals surface area contributed by atoms with Crippen molar-refractivity contribution in [1.29, 1.82) is 0 Å². The number of carbonyl (C=O) groups excluding carboxylic acids is 1. The molecular formula is C9H8BClO2. The van der Waals surface area contributed by atoms with E-state index >= 15 is 0 Å². The maximum Gasteiger partial charge on any atom is 0.304 e. The molecule has 0 spiro atoms. The third-order valence-corrected chi connectivity index (χ3v) is 1.90. The maximum atomic E-state index is 11.0. The highest BCUT2D eigenvalue weighted by Gasteiger charge is 2.14. The molecule has 66 valence electrons. The molecule has 0 fully saturated rings. The summed E-state index contributed by atoms with van der Waals surface area (Å²) >= 11 is 5.73. The molecule has 1 aromatic carbocycles. The first kappa shape index (κ1) is 10.1. The molecule has 0 aliphatic rings. The molecule has 0 aliphatic heterocycles. The van der Waals surface area contributed by atoms with Crippen molar-refractivity contribution >= 4 is 25.4 Å². The first-order valence-corrected chi connectivity index (χ1v) is 4.12. The van der Waals surface area contributed by atoms with Crippen molar-refractivity contribution in [2.24, 2.45) is 0 Å². The number of hydrogen-bond donors (Lipinski definition) is 0. The number of ether oxygens (including phenoxy) is 1. The number of rotatable bonds is 2. The number of methoxy groups -OCH3 is 1. The highest BCUT2D eigenvalue weighted by Crippen LogP contribution is 2.17. The van der Waals surface area contributed by atoms with Gasteiger partial charge in [-0.2, -0.15) is 0 Å². The Morgan fingerprint density at radius 3 is 2.85 bits per heavy atom. The van der Waals surface area contributed by atoms with E-state index < -0.39 is 11.8 Å². The van der Waals surface area contributed by atoms with Crippen LogP contribution in [0.25, 0.3) is 0 Å². The Balaban J connectivity index is 2.88. The summed E-state index contributed by atoms with van der Waals surface area (Å²) in [5.41, 5.74) is 0.652. The van der Waals surface area contributed by atoms with Gasteiger partial charge in [-0.1, -0.05) is 23.7 Å². The normalized spacial score (nSPS) is 12.2. The summed E-state index contributed by atoms with van der Waals surface area (Å²) in [5, 5.41) is 0.553. The molecule has 0 heterocycles. The lowest BCUT2D eigenvalue weighted by Gasteiger charge is -2.09. The third-order valence-electron chi connectivity index (χ3n) is 1.66. The van der Waals surface area contributed by atoms with Gasteiger partial charge < -0.3 is 4.74 Å². The molecule has 4 heteroatoms. The van der Waals surface area contributed by atoms with Crippen molar-refractivity contribution < 1.29 is 9.53 Å². The molecule has 0 saturated carbocycles. The fourth-order valence-corrected chi connectivity index (χ4v) is 1.16. The van der Waals surface area contributed by atoms with Crippen LogP contribution in [0.4, 0.5) is 0 Å². The summed E-state index contributed by atoms with van der Waals surface area (Å²) in [6.07, 6.45) is 0. The van der Waals surface area contributed by atoms with Gasteiger partial charge in [-0.15, -0.1) is 0 Å². The zero-order chi connectivity index (χ0) is 9.84. The molecule has 13 heavy (non-hydrogen) atoms. The van der Waals surface area contributed by atoms with Gasteiger partial charge in [-0.05, 0) is 17.7 Å². The summed E-state index contributed by atoms with van der Waals surface area (Å²) in [4.78, 5) is 11.0. The van der Waals surface area contributed by atoms with Gasteiger partial charge in [0.15, 0.2) is 0 Å². The lowest BCUT2D eigenvalue weighted by molar-refractivity contribution is -0.140. The minimum Gasteiger partial charge on any atom is -0.469 e. The van der Waals surface area contributed by atoms with Crippen LogP contribution in [0.5, 0.6) is 0 Å². The quantitative estimate of drug-likeness (QED) is 0.529. The first-order valence-electron chi connectivity index (χ1n) is 3.74. The van der Waals surface area contributed by atoms with Crippen molar-refractivity contribution in [3.05, 3.63) is 34.9 Å². The fourth-order valence-electron chi connectivity index (χ4n) is 0.963.